The second kappa shape index (κ2) is 7.81. The smallest absolute Gasteiger partial charge is 0.247 e. The normalized spacial score (nSPS) is 11.2. The maximum absolute atomic E-state index is 5.83. The van der Waals surface area contributed by atoms with E-state index in [1.54, 1.807) is 6.26 Å². The topological polar surface area (TPSA) is 77.8 Å². The Morgan fingerprint density at radius 2 is 1.76 bits per heavy atom. The summed E-state index contributed by atoms with van der Waals surface area (Å²) >= 11 is 4.95. The second-order valence-corrected chi connectivity index (χ2v) is 8.02. The van der Waals surface area contributed by atoms with Crippen LogP contribution in [0.5, 0.6) is 0 Å². The van der Waals surface area contributed by atoms with Gasteiger partial charge in [0.15, 0.2) is 11.6 Å². The summed E-state index contributed by atoms with van der Waals surface area (Å²) < 4.78 is 12.3. The van der Waals surface area contributed by atoms with Gasteiger partial charge in [0.25, 0.3) is 0 Å². The van der Waals surface area contributed by atoms with Crippen molar-refractivity contribution in [3.63, 3.8) is 0 Å². The first-order valence-corrected chi connectivity index (χ1v) is 10.6. The number of para-hydroxylation sites is 1. The molecular weight excluding hydrogens is 452 g/mol. The van der Waals surface area contributed by atoms with Crippen LogP contribution in [0, 0.1) is 0 Å². The van der Waals surface area contributed by atoms with Crippen LogP contribution in [0.15, 0.2) is 85.3 Å². The summed E-state index contributed by atoms with van der Waals surface area (Å²) in [6.07, 6.45) is 1.61. The Labute approximate surface area is 178 Å². The van der Waals surface area contributed by atoms with Gasteiger partial charge in [0.05, 0.1) is 17.5 Å². The van der Waals surface area contributed by atoms with Crippen molar-refractivity contribution in [2.24, 2.45) is 0 Å². The van der Waals surface area contributed by atoms with E-state index in [0.29, 0.717) is 29.1 Å². The molecule has 0 spiro atoms. The number of aromatic nitrogens is 4. The van der Waals surface area contributed by atoms with Gasteiger partial charge in [-0.2, -0.15) is 0 Å². The summed E-state index contributed by atoms with van der Waals surface area (Å²) in [4.78, 5) is 9.31. The van der Waals surface area contributed by atoms with Crippen LogP contribution in [0.2, 0.25) is 0 Å². The molecule has 5 aromatic rings. The van der Waals surface area contributed by atoms with Gasteiger partial charge in [-0.05, 0) is 42.5 Å². The Morgan fingerprint density at radius 1 is 0.897 bits per heavy atom. The minimum Gasteiger partial charge on any atom is -0.461 e. The first-order valence-electron chi connectivity index (χ1n) is 8.78. The lowest BCUT2D eigenvalue weighted by Crippen LogP contribution is -1.93. The number of rotatable bonds is 5. The molecule has 0 fully saturated rings. The van der Waals surface area contributed by atoms with E-state index in [9.17, 15) is 0 Å². The lowest BCUT2D eigenvalue weighted by Gasteiger charge is -2.06. The third kappa shape index (κ3) is 3.81. The van der Waals surface area contributed by atoms with E-state index in [-0.39, 0.29) is 0 Å². The van der Waals surface area contributed by atoms with E-state index in [1.807, 2.05) is 60.7 Å². The molecule has 0 bridgehead atoms. The first-order chi connectivity index (χ1) is 14.3. The van der Waals surface area contributed by atoms with Crippen LogP contribution < -0.4 is 0 Å². The van der Waals surface area contributed by atoms with Gasteiger partial charge in [-0.15, -0.1) is 10.2 Å². The molecule has 5 rings (SSSR count). The van der Waals surface area contributed by atoms with Crippen molar-refractivity contribution in [3.05, 3.63) is 77.3 Å². The molecule has 29 heavy (non-hydrogen) atoms. The summed E-state index contributed by atoms with van der Waals surface area (Å²) in [6, 6.07) is 19.3. The van der Waals surface area contributed by atoms with E-state index >= 15 is 0 Å². The number of benzene rings is 2. The van der Waals surface area contributed by atoms with Crippen LogP contribution in [0.4, 0.5) is 0 Å². The molecule has 0 saturated heterocycles. The Balaban J connectivity index is 1.43. The zero-order valence-corrected chi connectivity index (χ0v) is 17.4. The highest BCUT2D eigenvalue weighted by Gasteiger charge is 2.14. The summed E-state index contributed by atoms with van der Waals surface area (Å²) in [5.41, 5.74) is 1.74. The molecule has 0 aliphatic rings. The molecule has 3 heterocycles. The molecule has 3 aromatic heterocycles. The van der Waals surface area contributed by atoms with Crippen LogP contribution in [-0.4, -0.2) is 20.2 Å². The fraction of sp³-hybridized carbons (Fsp3) is 0.0476. The predicted molar refractivity (Wildman–Crippen MR) is 114 cm³/mol. The Hall–Kier alpha value is -2.97. The van der Waals surface area contributed by atoms with Crippen molar-refractivity contribution < 1.29 is 8.83 Å². The van der Waals surface area contributed by atoms with Crippen LogP contribution in [0.1, 0.15) is 5.89 Å². The molecule has 0 atom stereocenters. The van der Waals surface area contributed by atoms with Crippen LogP contribution >= 0.6 is 27.7 Å². The second-order valence-electron chi connectivity index (χ2n) is 6.14. The minimum atomic E-state index is 0.497. The lowest BCUT2D eigenvalue weighted by molar-refractivity contribution is 0.528. The van der Waals surface area contributed by atoms with Crippen molar-refractivity contribution in [1.82, 2.24) is 20.2 Å². The molecule has 142 valence electrons. The summed E-state index contributed by atoms with van der Waals surface area (Å²) in [5, 5.41) is 10.1. The third-order valence-electron chi connectivity index (χ3n) is 4.20. The molecule has 0 amide bonds. The lowest BCUT2D eigenvalue weighted by atomic mass is 10.2. The third-order valence-corrected chi connectivity index (χ3v) is 5.70. The Bertz CT molecular complexity index is 1270. The zero-order valence-electron chi connectivity index (χ0n) is 14.9. The number of furan rings is 1. The number of thioether (sulfide) groups is 1. The molecule has 2 aromatic carbocycles. The van der Waals surface area contributed by atoms with Crippen molar-refractivity contribution in [2.45, 2.75) is 10.8 Å². The van der Waals surface area contributed by atoms with Gasteiger partial charge in [0, 0.05) is 15.4 Å². The van der Waals surface area contributed by atoms with E-state index in [0.717, 1.165) is 26.0 Å². The molecule has 0 unspecified atom stereocenters. The van der Waals surface area contributed by atoms with Crippen LogP contribution in [0.3, 0.4) is 0 Å². The van der Waals surface area contributed by atoms with Gasteiger partial charge in [-0.1, -0.05) is 45.9 Å². The highest BCUT2D eigenvalue weighted by Crippen LogP contribution is 2.31. The maximum Gasteiger partial charge on any atom is 0.247 e. The molecule has 0 radical (unpaired) electrons. The van der Waals surface area contributed by atoms with E-state index in [4.69, 9.17) is 13.8 Å². The van der Waals surface area contributed by atoms with Gasteiger partial charge < -0.3 is 8.83 Å². The molecule has 6 nitrogen and oxygen atoms in total. The van der Waals surface area contributed by atoms with Gasteiger partial charge >= 0.3 is 0 Å². The fourth-order valence-electron chi connectivity index (χ4n) is 2.82. The number of hydrogen-bond acceptors (Lipinski definition) is 7. The molecule has 0 N–H and O–H groups in total. The number of nitrogens with zero attached hydrogens (tertiary/aromatic N) is 4. The largest absolute Gasteiger partial charge is 0.461 e. The molecule has 0 saturated carbocycles. The molecule has 0 aliphatic carbocycles. The Morgan fingerprint density at radius 3 is 2.59 bits per heavy atom. The molecule has 8 heteroatoms. The average Bonchev–Trinajstić information content (AvgIpc) is 3.45. The van der Waals surface area contributed by atoms with Gasteiger partial charge in [0.1, 0.15) is 5.03 Å². The zero-order chi connectivity index (χ0) is 19.6. The van der Waals surface area contributed by atoms with Gasteiger partial charge in [-0.25, -0.2) is 9.97 Å². The SMILES string of the molecule is Brc1ccc(-c2nnc(CSc3nc(-c4ccco4)nc4ccccc34)o2)cc1. The average molecular weight is 465 g/mol. The van der Waals surface area contributed by atoms with Gasteiger partial charge in [-0.3, -0.25) is 0 Å². The van der Waals surface area contributed by atoms with E-state index < -0.39 is 0 Å². The van der Waals surface area contributed by atoms with Crippen LogP contribution in [-0.2, 0) is 5.75 Å². The summed E-state index contributed by atoms with van der Waals surface area (Å²) in [6.45, 7) is 0. The van der Waals surface area contributed by atoms with Crippen molar-refractivity contribution in [3.8, 4) is 23.0 Å². The van der Waals surface area contributed by atoms with Crippen molar-refractivity contribution >= 4 is 38.6 Å². The van der Waals surface area contributed by atoms with Crippen molar-refractivity contribution in [1.29, 1.82) is 0 Å². The highest BCUT2D eigenvalue weighted by atomic mass is 79.9. The number of halogens is 1. The van der Waals surface area contributed by atoms with E-state index in [2.05, 4.69) is 31.1 Å². The van der Waals surface area contributed by atoms with Gasteiger partial charge in [0.2, 0.25) is 11.8 Å². The fourth-order valence-corrected chi connectivity index (χ4v) is 3.94. The highest BCUT2D eigenvalue weighted by molar-refractivity contribution is 9.10. The van der Waals surface area contributed by atoms with Crippen molar-refractivity contribution in [2.75, 3.05) is 0 Å². The molecular formula is C21H13BrN4O2S. The number of hydrogen-bond donors (Lipinski definition) is 0. The quantitative estimate of drug-likeness (QED) is 0.233. The monoisotopic (exact) mass is 464 g/mol. The predicted octanol–water partition coefficient (Wildman–Crippen LogP) is 5.99. The number of fused-ring (bicyclic) bond motifs is 1. The first kappa shape index (κ1) is 18.1. The summed E-state index contributed by atoms with van der Waals surface area (Å²) in [5.74, 6) is 2.72. The van der Waals surface area contributed by atoms with E-state index in [1.165, 1.54) is 11.8 Å². The van der Waals surface area contributed by atoms with Crippen LogP contribution in [0.25, 0.3) is 33.9 Å². The maximum atomic E-state index is 5.83. The Kier molecular flexibility index (Phi) is 4.87. The summed E-state index contributed by atoms with van der Waals surface area (Å²) in [7, 11) is 0. The standard InChI is InChI=1S/C21H13BrN4O2S/c22-14-9-7-13(8-10-14)20-26-25-18(28-20)12-29-21-15-4-1-2-5-16(15)23-19(24-21)17-6-3-11-27-17/h1-11H,12H2. The minimum absolute atomic E-state index is 0.497. The molecule has 0 aliphatic heterocycles.